The lowest BCUT2D eigenvalue weighted by Gasteiger charge is -2.26. The molecule has 0 radical (unpaired) electrons. The van der Waals surface area contributed by atoms with Crippen molar-refractivity contribution >= 4 is 0 Å². The molecule has 1 aromatic heterocycles. The van der Waals surface area contributed by atoms with Crippen molar-refractivity contribution < 1.29 is 0 Å². The van der Waals surface area contributed by atoms with Gasteiger partial charge in [0.2, 0.25) is 0 Å². The fraction of sp³-hybridized carbons (Fsp3) is 0.688. The summed E-state index contributed by atoms with van der Waals surface area (Å²) in [6.45, 7) is 3.40. The van der Waals surface area contributed by atoms with Gasteiger partial charge in [-0.3, -0.25) is 4.98 Å². The Morgan fingerprint density at radius 3 is 2.89 bits per heavy atom. The Hall–Kier alpha value is -0.890. The third kappa shape index (κ3) is 4.09. The van der Waals surface area contributed by atoms with E-state index in [1.807, 2.05) is 12.3 Å². The normalized spacial score (nSPS) is 24.7. The first-order chi connectivity index (χ1) is 8.90. The summed E-state index contributed by atoms with van der Waals surface area (Å²) in [7, 11) is 0. The molecule has 0 aliphatic heterocycles. The third-order valence-electron chi connectivity index (χ3n) is 4.01. The van der Waals surface area contributed by atoms with Crippen molar-refractivity contribution in [3.8, 4) is 0 Å². The summed E-state index contributed by atoms with van der Waals surface area (Å²) in [5.41, 5.74) is 1.26. The number of aromatic nitrogens is 1. The minimum Gasteiger partial charge on any atom is -0.314 e. The number of hydrogen-bond acceptors (Lipinski definition) is 2. The lowest BCUT2D eigenvalue weighted by Crippen LogP contribution is -2.37. The lowest BCUT2D eigenvalue weighted by atomic mass is 9.90. The summed E-state index contributed by atoms with van der Waals surface area (Å²) in [4.78, 5) is 4.49. The zero-order valence-corrected chi connectivity index (χ0v) is 11.6. The summed E-state index contributed by atoms with van der Waals surface area (Å²) >= 11 is 0. The predicted molar refractivity (Wildman–Crippen MR) is 76.6 cm³/mol. The predicted octanol–water partition coefficient (Wildman–Crippen LogP) is 3.57. The standard InChI is InChI=1S/C16H26N2/c1-2-11-18-16-10-5-3-4-8-14(16)13-15-9-6-7-12-17-15/h6-7,9,12,14,16,18H,2-5,8,10-11,13H2,1H3. The highest BCUT2D eigenvalue weighted by Gasteiger charge is 2.23. The van der Waals surface area contributed by atoms with Crippen LogP contribution in [0.15, 0.2) is 24.4 Å². The van der Waals surface area contributed by atoms with E-state index in [4.69, 9.17) is 0 Å². The maximum Gasteiger partial charge on any atom is 0.0406 e. The summed E-state index contributed by atoms with van der Waals surface area (Å²) < 4.78 is 0. The maximum absolute atomic E-state index is 4.49. The highest BCUT2D eigenvalue weighted by atomic mass is 14.9. The molecule has 0 spiro atoms. The lowest BCUT2D eigenvalue weighted by molar-refractivity contribution is 0.330. The van der Waals surface area contributed by atoms with Crippen LogP contribution < -0.4 is 5.32 Å². The molecule has 2 atom stereocenters. The van der Waals surface area contributed by atoms with Crippen molar-refractivity contribution in [2.24, 2.45) is 5.92 Å². The van der Waals surface area contributed by atoms with Gasteiger partial charge in [0.05, 0.1) is 0 Å². The summed E-state index contributed by atoms with van der Waals surface area (Å²) in [6, 6.07) is 6.98. The highest BCUT2D eigenvalue weighted by molar-refractivity contribution is 5.05. The van der Waals surface area contributed by atoms with Crippen LogP contribution in [0.2, 0.25) is 0 Å². The quantitative estimate of drug-likeness (QED) is 0.803. The molecule has 1 fully saturated rings. The molecule has 2 heteroatoms. The molecule has 0 saturated heterocycles. The zero-order chi connectivity index (χ0) is 12.6. The van der Waals surface area contributed by atoms with Crippen molar-refractivity contribution in [1.29, 1.82) is 0 Å². The van der Waals surface area contributed by atoms with Gasteiger partial charge >= 0.3 is 0 Å². The minimum atomic E-state index is 0.703. The molecule has 1 N–H and O–H groups in total. The summed E-state index contributed by atoms with van der Waals surface area (Å²) in [5, 5.41) is 3.75. The van der Waals surface area contributed by atoms with E-state index in [1.165, 1.54) is 44.2 Å². The van der Waals surface area contributed by atoms with Gasteiger partial charge in [0.25, 0.3) is 0 Å². The molecule has 1 aromatic rings. The Labute approximate surface area is 111 Å². The molecule has 18 heavy (non-hydrogen) atoms. The first-order valence-electron chi connectivity index (χ1n) is 7.53. The van der Waals surface area contributed by atoms with E-state index in [9.17, 15) is 0 Å². The van der Waals surface area contributed by atoms with Crippen LogP contribution in [0.25, 0.3) is 0 Å². The number of rotatable bonds is 5. The topological polar surface area (TPSA) is 24.9 Å². The first-order valence-corrected chi connectivity index (χ1v) is 7.53. The van der Waals surface area contributed by atoms with Crippen LogP contribution in [0.1, 0.15) is 51.1 Å². The van der Waals surface area contributed by atoms with Crippen molar-refractivity contribution in [2.75, 3.05) is 6.54 Å². The Morgan fingerprint density at radius 1 is 1.22 bits per heavy atom. The van der Waals surface area contributed by atoms with E-state index in [2.05, 4.69) is 29.4 Å². The smallest absolute Gasteiger partial charge is 0.0406 e. The van der Waals surface area contributed by atoms with E-state index in [0.29, 0.717) is 6.04 Å². The van der Waals surface area contributed by atoms with Crippen LogP contribution in [0, 0.1) is 5.92 Å². The van der Waals surface area contributed by atoms with Crippen molar-refractivity contribution in [3.05, 3.63) is 30.1 Å². The van der Waals surface area contributed by atoms with E-state index < -0.39 is 0 Å². The second-order valence-electron chi connectivity index (χ2n) is 5.48. The second-order valence-corrected chi connectivity index (χ2v) is 5.48. The number of hydrogen-bond donors (Lipinski definition) is 1. The number of nitrogens with one attached hydrogen (secondary N) is 1. The average molecular weight is 246 g/mol. The monoisotopic (exact) mass is 246 g/mol. The van der Waals surface area contributed by atoms with E-state index in [1.54, 1.807) is 0 Å². The van der Waals surface area contributed by atoms with Crippen molar-refractivity contribution in [2.45, 2.75) is 57.9 Å². The molecule has 1 saturated carbocycles. The molecular weight excluding hydrogens is 220 g/mol. The Balaban J connectivity index is 1.96. The molecule has 0 aromatic carbocycles. The fourth-order valence-electron chi connectivity index (χ4n) is 3.01. The molecule has 1 aliphatic rings. The number of nitrogens with zero attached hydrogens (tertiary/aromatic N) is 1. The molecule has 1 aliphatic carbocycles. The van der Waals surface area contributed by atoms with Crippen LogP contribution in [0.3, 0.4) is 0 Å². The van der Waals surface area contributed by atoms with E-state index in [0.717, 1.165) is 18.9 Å². The Morgan fingerprint density at radius 2 is 2.11 bits per heavy atom. The molecule has 0 amide bonds. The number of pyridine rings is 1. The largest absolute Gasteiger partial charge is 0.314 e. The zero-order valence-electron chi connectivity index (χ0n) is 11.6. The van der Waals surface area contributed by atoms with Gasteiger partial charge in [-0.05, 0) is 50.3 Å². The molecule has 2 unspecified atom stereocenters. The van der Waals surface area contributed by atoms with Gasteiger partial charge in [-0.2, -0.15) is 0 Å². The molecule has 2 rings (SSSR count). The van der Waals surface area contributed by atoms with E-state index in [-0.39, 0.29) is 0 Å². The van der Waals surface area contributed by atoms with Crippen LogP contribution in [-0.4, -0.2) is 17.6 Å². The first kappa shape index (κ1) is 13.5. The third-order valence-corrected chi connectivity index (χ3v) is 4.01. The van der Waals surface area contributed by atoms with Gasteiger partial charge in [-0.25, -0.2) is 0 Å². The molecule has 1 heterocycles. The Kier molecular flexibility index (Phi) is 5.66. The summed E-state index contributed by atoms with van der Waals surface area (Å²) in [5.74, 6) is 0.772. The maximum atomic E-state index is 4.49. The van der Waals surface area contributed by atoms with Gasteiger partial charge in [0.15, 0.2) is 0 Å². The van der Waals surface area contributed by atoms with Crippen LogP contribution in [0.4, 0.5) is 0 Å². The minimum absolute atomic E-state index is 0.703. The van der Waals surface area contributed by atoms with Crippen molar-refractivity contribution in [1.82, 2.24) is 10.3 Å². The molecule has 2 nitrogen and oxygen atoms in total. The van der Waals surface area contributed by atoms with Gasteiger partial charge in [0, 0.05) is 17.9 Å². The molecular formula is C16H26N2. The van der Waals surface area contributed by atoms with Gasteiger partial charge in [0.1, 0.15) is 0 Å². The Bertz CT molecular complexity index is 323. The van der Waals surface area contributed by atoms with Gasteiger partial charge < -0.3 is 5.32 Å². The second kappa shape index (κ2) is 7.52. The van der Waals surface area contributed by atoms with Crippen LogP contribution >= 0.6 is 0 Å². The van der Waals surface area contributed by atoms with Gasteiger partial charge in [-0.1, -0.05) is 32.3 Å². The fourth-order valence-corrected chi connectivity index (χ4v) is 3.01. The SMILES string of the molecule is CCCNC1CCCCCC1Cc1ccccn1. The van der Waals surface area contributed by atoms with Crippen LogP contribution in [-0.2, 0) is 6.42 Å². The summed E-state index contributed by atoms with van der Waals surface area (Å²) in [6.07, 6.45) is 11.2. The van der Waals surface area contributed by atoms with Crippen LogP contribution in [0.5, 0.6) is 0 Å². The average Bonchev–Trinajstić information content (AvgIpc) is 2.63. The highest BCUT2D eigenvalue weighted by Crippen LogP contribution is 2.26. The van der Waals surface area contributed by atoms with E-state index >= 15 is 0 Å². The molecule has 100 valence electrons. The van der Waals surface area contributed by atoms with Crippen molar-refractivity contribution in [3.63, 3.8) is 0 Å². The molecule has 0 bridgehead atoms. The van der Waals surface area contributed by atoms with Gasteiger partial charge in [-0.15, -0.1) is 0 Å².